The molecular weight excluding hydrogens is 288 g/mol. The Morgan fingerprint density at radius 2 is 2.09 bits per heavy atom. The van der Waals surface area contributed by atoms with E-state index in [-0.39, 0.29) is 6.10 Å². The number of hydrogen-bond acceptors (Lipinski definition) is 5. The Labute approximate surface area is 139 Å². The standard InChI is InChI=1S/C18H28N4O/c1-5-16(22-17(11-20)13(2)3)15-8-6-7-9-18(15)23-14(10-19)12-21-4/h5-9,14,21H,2,10-12,19-20H2,1,3-4H3/b16-5-,22-17?. The molecule has 0 radical (unpaired) electrons. The van der Waals surface area contributed by atoms with Crippen molar-refractivity contribution in [2.24, 2.45) is 16.5 Å². The topological polar surface area (TPSA) is 85.7 Å². The van der Waals surface area contributed by atoms with Gasteiger partial charge in [0.1, 0.15) is 11.9 Å². The molecule has 1 aromatic rings. The van der Waals surface area contributed by atoms with E-state index in [2.05, 4.69) is 16.9 Å². The second-order valence-electron chi connectivity index (χ2n) is 5.25. The van der Waals surface area contributed by atoms with Crippen LogP contribution in [0.4, 0.5) is 0 Å². The van der Waals surface area contributed by atoms with E-state index in [1.807, 2.05) is 51.2 Å². The molecule has 0 aliphatic carbocycles. The Balaban J connectivity index is 3.18. The minimum absolute atomic E-state index is 0.0987. The molecule has 0 aromatic heterocycles. The molecule has 5 heteroatoms. The van der Waals surface area contributed by atoms with Crippen molar-refractivity contribution in [2.75, 3.05) is 26.7 Å². The number of rotatable bonds is 9. The largest absolute Gasteiger partial charge is 0.487 e. The van der Waals surface area contributed by atoms with E-state index in [1.54, 1.807) is 0 Å². The number of hydrogen-bond donors (Lipinski definition) is 3. The highest BCUT2D eigenvalue weighted by molar-refractivity contribution is 6.03. The predicted molar refractivity (Wildman–Crippen MR) is 98.8 cm³/mol. The van der Waals surface area contributed by atoms with Crippen LogP contribution in [0.3, 0.4) is 0 Å². The van der Waals surface area contributed by atoms with E-state index in [0.717, 1.165) is 28.3 Å². The molecule has 0 saturated carbocycles. The molecule has 0 aliphatic heterocycles. The van der Waals surface area contributed by atoms with Gasteiger partial charge in [-0.25, -0.2) is 0 Å². The maximum atomic E-state index is 6.04. The monoisotopic (exact) mass is 316 g/mol. The average Bonchev–Trinajstić information content (AvgIpc) is 2.56. The van der Waals surface area contributed by atoms with Crippen LogP contribution >= 0.6 is 0 Å². The molecule has 0 spiro atoms. The Kier molecular flexibility index (Phi) is 8.26. The van der Waals surface area contributed by atoms with Crippen molar-refractivity contribution in [3.05, 3.63) is 48.1 Å². The lowest BCUT2D eigenvalue weighted by atomic mass is 10.1. The van der Waals surface area contributed by atoms with Crippen molar-refractivity contribution in [2.45, 2.75) is 20.0 Å². The van der Waals surface area contributed by atoms with Crippen molar-refractivity contribution in [3.63, 3.8) is 0 Å². The lowest BCUT2D eigenvalue weighted by Gasteiger charge is -2.19. The SMILES string of the molecule is C=C(C)C(CN)=N/C(=C\C)c1ccccc1OC(CN)CNC. The molecule has 1 atom stereocenters. The Hall–Kier alpha value is -1.95. The summed E-state index contributed by atoms with van der Waals surface area (Å²) >= 11 is 0. The number of ether oxygens (including phenoxy) is 1. The van der Waals surface area contributed by atoms with Gasteiger partial charge in [0, 0.05) is 25.2 Å². The van der Waals surface area contributed by atoms with Crippen molar-refractivity contribution >= 4 is 11.4 Å². The smallest absolute Gasteiger partial charge is 0.129 e. The van der Waals surface area contributed by atoms with Crippen molar-refractivity contribution in [1.29, 1.82) is 0 Å². The number of nitrogens with two attached hydrogens (primary N) is 2. The molecule has 0 aliphatic rings. The molecule has 23 heavy (non-hydrogen) atoms. The van der Waals surface area contributed by atoms with Gasteiger partial charge in [-0.15, -0.1) is 0 Å². The van der Waals surface area contributed by atoms with Gasteiger partial charge < -0.3 is 21.5 Å². The second-order valence-corrected chi connectivity index (χ2v) is 5.25. The molecule has 1 rings (SSSR count). The molecule has 0 bridgehead atoms. The van der Waals surface area contributed by atoms with Crippen LogP contribution in [-0.2, 0) is 0 Å². The Morgan fingerprint density at radius 1 is 1.39 bits per heavy atom. The number of nitrogens with one attached hydrogen (secondary N) is 1. The molecule has 1 unspecified atom stereocenters. The first-order chi connectivity index (χ1) is 11.1. The first-order valence-electron chi connectivity index (χ1n) is 7.77. The highest BCUT2D eigenvalue weighted by atomic mass is 16.5. The van der Waals surface area contributed by atoms with Crippen LogP contribution in [-0.4, -0.2) is 38.5 Å². The van der Waals surface area contributed by atoms with Crippen LogP contribution in [0.5, 0.6) is 5.75 Å². The van der Waals surface area contributed by atoms with Gasteiger partial charge in [0.2, 0.25) is 0 Å². The lowest BCUT2D eigenvalue weighted by Crippen LogP contribution is -2.36. The summed E-state index contributed by atoms with van der Waals surface area (Å²) in [5.74, 6) is 0.758. The number of nitrogens with zero attached hydrogens (tertiary/aromatic N) is 1. The molecule has 5 nitrogen and oxygen atoms in total. The summed E-state index contributed by atoms with van der Waals surface area (Å²) in [6.45, 7) is 9.23. The summed E-state index contributed by atoms with van der Waals surface area (Å²) in [5.41, 5.74) is 14.9. The van der Waals surface area contributed by atoms with E-state index in [1.165, 1.54) is 0 Å². The summed E-state index contributed by atoms with van der Waals surface area (Å²) in [4.78, 5) is 4.65. The number of likely N-dealkylation sites (N-methyl/N-ethyl adjacent to an activating group) is 1. The second kappa shape index (κ2) is 9.94. The fraction of sp³-hybridized carbons (Fsp3) is 0.389. The van der Waals surface area contributed by atoms with E-state index < -0.39 is 0 Å². The summed E-state index contributed by atoms with van der Waals surface area (Å²) in [5, 5.41) is 3.08. The molecule has 1 aromatic carbocycles. The van der Waals surface area contributed by atoms with E-state index in [4.69, 9.17) is 16.2 Å². The average molecular weight is 316 g/mol. The third kappa shape index (κ3) is 5.63. The van der Waals surface area contributed by atoms with Gasteiger partial charge >= 0.3 is 0 Å². The summed E-state index contributed by atoms with van der Waals surface area (Å²) in [7, 11) is 1.87. The fourth-order valence-electron chi connectivity index (χ4n) is 2.10. The minimum Gasteiger partial charge on any atom is -0.487 e. The number of benzene rings is 1. The van der Waals surface area contributed by atoms with Gasteiger partial charge in [-0.2, -0.15) is 0 Å². The third-order valence-electron chi connectivity index (χ3n) is 3.37. The lowest BCUT2D eigenvalue weighted by molar-refractivity contribution is 0.208. The zero-order valence-corrected chi connectivity index (χ0v) is 14.3. The van der Waals surface area contributed by atoms with E-state index >= 15 is 0 Å². The molecule has 0 amide bonds. The Bertz CT molecular complexity index is 578. The van der Waals surface area contributed by atoms with Gasteiger partial charge in [0.05, 0.1) is 11.4 Å². The molecule has 0 fully saturated rings. The zero-order valence-electron chi connectivity index (χ0n) is 14.3. The normalized spacial score (nSPS) is 13.8. The number of aliphatic imine (C=N–C) groups is 1. The van der Waals surface area contributed by atoms with Gasteiger partial charge in [0.15, 0.2) is 0 Å². The molecule has 0 saturated heterocycles. The van der Waals surface area contributed by atoms with Crippen molar-refractivity contribution in [3.8, 4) is 5.75 Å². The van der Waals surface area contributed by atoms with E-state index in [9.17, 15) is 0 Å². The first kappa shape index (κ1) is 19.1. The number of allylic oxidation sites excluding steroid dienone is 1. The Morgan fingerprint density at radius 3 is 2.61 bits per heavy atom. The highest BCUT2D eigenvalue weighted by Crippen LogP contribution is 2.28. The van der Waals surface area contributed by atoms with Crippen LogP contribution in [0, 0.1) is 0 Å². The number of para-hydroxylation sites is 1. The van der Waals surface area contributed by atoms with Crippen molar-refractivity contribution in [1.82, 2.24) is 5.32 Å². The fourth-order valence-corrected chi connectivity index (χ4v) is 2.10. The maximum Gasteiger partial charge on any atom is 0.129 e. The van der Waals surface area contributed by atoms with Crippen LogP contribution in [0.25, 0.3) is 5.70 Å². The summed E-state index contributed by atoms with van der Waals surface area (Å²) < 4.78 is 6.04. The molecule has 126 valence electrons. The molecular formula is C18H28N4O. The summed E-state index contributed by atoms with van der Waals surface area (Å²) in [6.07, 6.45) is 1.84. The van der Waals surface area contributed by atoms with Crippen LogP contribution in [0.15, 0.2) is 47.5 Å². The molecule has 5 N–H and O–H groups in total. The van der Waals surface area contributed by atoms with Gasteiger partial charge in [-0.05, 0) is 38.6 Å². The molecule has 0 heterocycles. The highest BCUT2D eigenvalue weighted by Gasteiger charge is 2.13. The van der Waals surface area contributed by atoms with Gasteiger partial charge in [-0.1, -0.05) is 24.8 Å². The van der Waals surface area contributed by atoms with E-state index in [0.29, 0.717) is 19.6 Å². The van der Waals surface area contributed by atoms with Crippen LogP contribution in [0.2, 0.25) is 0 Å². The predicted octanol–water partition coefficient (Wildman–Crippen LogP) is 1.95. The minimum atomic E-state index is -0.0987. The quantitative estimate of drug-likeness (QED) is 0.608. The van der Waals surface area contributed by atoms with Gasteiger partial charge in [-0.3, -0.25) is 4.99 Å². The van der Waals surface area contributed by atoms with Crippen LogP contribution < -0.4 is 21.5 Å². The maximum absolute atomic E-state index is 6.04. The first-order valence-corrected chi connectivity index (χ1v) is 7.77. The summed E-state index contributed by atoms with van der Waals surface area (Å²) in [6, 6.07) is 7.80. The zero-order chi connectivity index (χ0) is 17.2. The third-order valence-corrected chi connectivity index (χ3v) is 3.37. The van der Waals surface area contributed by atoms with Crippen molar-refractivity contribution < 1.29 is 4.74 Å². The van der Waals surface area contributed by atoms with Gasteiger partial charge in [0.25, 0.3) is 0 Å². The van der Waals surface area contributed by atoms with Crippen LogP contribution in [0.1, 0.15) is 19.4 Å².